The van der Waals surface area contributed by atoms with Crippen molar-refractivity contribution in [1.29, 1.82) is 0 Å². The number of Topliss-reactive ketones (excluding diaryl/α,β-unsaturated/α-hetero) is 1. The molecule has 1 aromatic carbocycles. The highest BCUT2D eigenvalue weighted by Crippen LogP contribution is 2.28. The first kappa shape index (κ1) is 13.1. The predicted molar refractivity (Wildman–Crippen MR) is 78.8 cm³/mol. The summed E-state index contributed by atoms with van der Waals surface area (Å²) < 4.78 is 2.07. The van der Waals surface area contributed by atoms with E-state index < -0.39 is 0 Å². The number of benzene rings is 1. The van der Waals surface area contributed by atoms with Crippen molar-refractivity contribution in [2.45, 2.75) is 25.8 Å². The number of piperidine rings is 1. The fourth-order valence-electron chi connectivity index (χ4n) is 2.88. The number of hydrogen-bond donors (Lipinski definition) is 1. The number of hydrogen-bond acceptors (Lipinski definition) is 3. The van der Waals surface area contributed by atoms with Crippen molar-refractivity contribution in [3.8, 4) is 11.3 Å². The number of nitrogens with one attached hydrogen (secondary N) is 1. The molecule has 1 fully saturated rings. The Kier molecular flexibility index (Phi) is 3.65. The normalized spacial score (nSPS) is 16.2. The number of aromatic nitrogens is 2. The number of ketones is 1. The number of carbonyl (C=O) groups is 1. The first-order valence-corrected chi connectivity index (χ1v) is 7.11. The van der Waals surface area contributed by atoms with E-state index >= 15 is 0 Å². The summed E-state index contributed by atoms with van der Waals surface area (Å²) in [5.41, 5.74) is 2.55. The topological polar surface area (TPSA) is 46.9 Å². The Morgan fingerprint density at radius 3 is 2.60 bits per heavy atom. The summed E-state index contributed by atoms with van der Waals surface area (Å²) in [6, 6.07) is 10.3. The van der Waals surface area contributed by atoms with Crippen molar-refractivity contribution in [2.75, 3.05) is 13.1 Å². The highest BCUT2D eigenvalue weighted by atomic mass is 16.1. The van der Waals surface area contributed by atoms with Crippen LogP contribution in [-0.2, 0) is 0 Å². The molecule has 0 saturated carbocycles. The Morgan fingerprint density at radius 2 is 1.95 bits per heavy atom. The molecule has 20 heavy (non-hydrogen) atoms. The summed E-state index contributed by atoms with van der Waals surface area (Å²) in [4.78, 5) is 16.6. The molecule has 1 aromatic heterocycles. The lowest BCUT2D eigenvalue weighted by molar-refractivity contribution is 0.100. The molecule has 0 radical (unpaired) electrons. The zero-order chi connectivity index (χ0) is 13.9. The van der Waals surface area contributed by atoms with Gasteiger partial charge in [-0.2, -0.15) is 0 Å². The van der Waals surface area contributed by atoms with Gasteiger partial charge in [0.1, 0.15) is 5.69 Å². The van der Waals surface area contributed by atoms with Crippen molar-refractivity contribution >= 4 is 5.78 Å². The van der Waals surface area contributed by atoms with Crippen molar-refractivity contribution in [1.82, 2.24) is 14.9 Å². The molecule has 4 nitrogen and oxygen atoms in total. The molecule has 104 valence electrons. The average Bonchev–Trinajstić information content (AvgIpc) is 2.94. The van der Waals surface area contributed by atoms with Gasteiger partial charge in [-0.1, -0.05) is 30.3 Å². The fourth-order valence-corrected chi connectivity index (χ4v) is 2.88. The van der Waals surface area contributed by atoms with Crippen LogP contribution in [0.15, 0.2) is 36.7 Å². The molecule has 2 aromatic rings. The van der Waals surface area contributed by atoms with Crippen LogP contribution in [0.3, 0.4) is 0 Å². The van der Waals surface area contributed by atoms with Crippen LogP contribution in [0.2, 0.25) is 0 Å². The lowest BCUT2D eigenvalue weighted by Crippen LogP contribution is -2.30. The van der Waals surface area contributed by atoms with Gasteiger partial charge in [0.2, 0.25) is 0 Å². The maximum atomic E-state index is 12.1. The summed E-state index contributed by atoms with van der Waals surface area (Å²) in [6.07, 6.45) is 3.92. The van der Waals surface area contributed by atoms with E-state index in [0.29, 0.717) is 6.04 Å². The third kappa shape index (κ3) is 2.39. The number of imidazole rings is 1. The van der Waals surface area contributed by atoms with Gasteiger partial charge in [-0.15, -0.1) is 0 Å². The van der Waals surface area contributed by atoms with Crippen LogP contribution in [0.25, 0.3) is 11.3 Å². The summed E-state index contributed by atoms with van der Waals surface area (Å²) in [5, 5.41) is 3.35. The highest BCUT2D eigenvalue weighted by molar-refractivity contribution is 5.98. The molecule has 3 rings (SSSR count). The molecular formula is C16H19N3O. The van der Waals surface area contributed by atoms with Crippen molar-refractivity contribution < 1.29 is 4.79 Å². The molecular weight excluding hydrogens is 250 g/mol. The van der Waals surface area contributed by atoms with Gasteiger partial charge in [-0.05, 0) is 25.9 Å². The first-order valence-electron chi connectivity index (χ1n) is 7.11. The van der Waals surface area contributed by atoms with Crippen LogP contribution in [0, 0.1) is 0 Å². The molecule has 0 unspecified atom stereocenters. The van der Waals surface area contributed by atoms with E-state index in [1.807, 2.05) is 36.7 Å². The highest BCUT2D eigenvalue weighted by Gasteiger charge is 2.23. The van der Waals surface area contributed by atoms with E-state index in [4.69, 9.17) is 0 Å². The quantitative estimate of drug-likeness (QED) is 0.871. The van der Waals surface area contributed by atoms with Crippen molar-refractivity contribution in [3.05, 3.63) is 42.4 Å². The van der Waals surface area contributed by atoms with Crippen LogP contribution in [0.5, 0.6) is 0 Å². The van der Waals surface area contributed by atoms with E-state index in [1.165, 1.54) is 0 Å². The summed E-state index contributed by atoms with van der Waals surface area (Å²) in [5.74, 6) is 0.0832. The number of rotatable bonds is 3. The van der Waals surface area contributed by atoms with E-state index in [1.54, 1.807) is 6.92 Å². The van der Waals surface area contributed by atoms with Gasteiger partial charge in [-0.25, -0.2) is 4.98 Å². The van der Waals surface area contributed by atoms with Gasteiger partial charge in [0.05, 0.1) is 12.0 Å². The largest absolute Gasteiger partial charge is 0.324 e. The molecule has 2 heterocycles. The SMILES string of the molecule is CC(=O)c1c(-c2ccccc2)ncn1C1CCNCC1. The van der Waals surface area contributed by atoms with E-state index in [-0.39, 0.29) is 5.78 Å². The van der Waals surface area contributed by atoms with Gasteiger partial charge in [0, 0.05) is 18.5 Å². The summed E-state index contributed by atoms with van der Waals surface area (Å²) in [6.45, 7) is 3.63. The van der Waals surface area contributed by atoms with E-state index in [2.05, 4.69) is 14.9 Å². The van der Waals surface area contributed by atoms with Crippen molar-refractivity contribution in [3.63, 3.8) is 0 Å². The molecule has 1 aliphatic heterocycles. The van der Waals surface area contributed by atoms with E-state index in [9.17, 15) is 4.79 Å². The summed E-state index contributed by atoms with van der Waals surface area (Å²) >= 11 is 0. The third-order valence-electron chi connectivity index (χ3n) is 3.88. The Bertz CT molecular complexity index is 597. The zero-order valence-corrected chi connectivity index (χ0v) is 11.7. The molecule has 1 aliphatic rings. The Labute approximate surface area is 118 Å². The predicted octanol–water partition coefficient (Wildman–Crippen LogP) is 2.68. The number of carbonyl (C=O) groups excluding carboxylic acids is 1. The average molecular weight is 269 g/mol. The lowest BCUT2D eigenvalue weighted by Gasteiger charge is -2.25. The molecule has 0 spiro atoms. The smallest absolute Gasteiger partial charge is 0.178 e. The maximum absolute atomic E-state index is 12.1. The zero-order valence-electron chi connectivity index (χ0n) is 11.7. The van der Waals surface area contributed by atoms with Crippen LogP contribution in [0.4, 0.5) is 0 Å². The number of nitrogens with zero attached hydrogens (tertiary/aromatic N) is 2. The lowest BCUT2D eigenvalue weighted by atomic mass is 10.0. The van der Waals surface area contributed by atoms with Gasteiger partial charge in [0.25, 0.3) is 0 Å². The first-order chi connectivity index (χ1) is 9.77. The molecule has 1 N–H and O–H groups in total. The second-order valence-corrected chi connectivity index (χ2v) is 5.25. The van der Waals surface area contributed by atoms with Gasteiger partial charge < -0.3 is 9.88 Å². The van der Waals surface area contributed by atoms with Crippen LogP contribution in [-0.4, -0.2) is 28.4 Å². The Hall–Kier alpha value is -1.94. The molecule has 0 aliphatic carbocycles. The second-order valence-electron chi connectivity index (χ2n) is 5.25. The molecule has 0 amide bonds. The molecule has 4 heteroatoms. The van der Waals surface area contributed by atoms with Gasteiger partial charge in [-0.3, -0.25) is 4.79 Å². The maximum Gasteiger partial charge on any atom is 0.178 e. The summed E-state index contributed by atoms with van der Waals surface area (Å²) in [7, 11) is 0. The Morgan fingerprint density at radius 1 is 1.25 bits per heavy atom. The van der Waals surface area contributed by atoms with Crippen molar-refractivity contribution in [2.24, 2.45) is 0 Å². The van der Waals surface area contributed by atoms with Gasteiger partial charge >= 0.3 is 0 Å². The van der Waals surface area contributed by atoms with E-state index in [0.717, 1.165) is 42.9 Å². The second kappa shape index (κ2) is 5.59. The Balaban J connectivity index is 2.04. The molecule has 0 bridgehead atoms. The van der Waals surface area contributed by atoms with Gasteiger partial charge in [0.15, 0.2) is 5.78 Å². The molecule has 1 saturated heterocycles. The minimum Gasteiger partial charge on any atom is -0.324 e. The molecule has 0 atom stereocenters. The minimum absolute atomic E-state index is 0.0832. The third-order valence-corrected chi connectivity index (χ3v) is 3.88. The standard InChI is InChI=1S/C16H19N3O/c1-12(20)16-15(13-5-3-2-4-6-13)18-11-19(16)14-7-9-17-10-8-14/h2-6,11,14,17H,7-10H2,1H3. The minimum atomic E-state index is 0.0832. The fraction of sp³-hybridized carbons (Fsp3) is 0.375. The van der Waals surface area contributed by atoms with Crippen LogP contribution in [0.1, 0.15) is 36.3 Å². The van der Waals surface area contributed by atoms with Crippen LogP contribution >= 0.6 is 0 Å². The van der Waals surface area contributed by atoms with Crippen LogP contribution < -0.4 is 5.32 Å². The monoisotopic (exact) mass is 269 g/mol.